The normalized spacial score (nSPS) is 21.8. The number of nitrogens with zero attached hydrogens (tertiary/aromatic N) is 2. The minimum Gasteiger partial charge on any atom is -0.356 e. The Kier molecular flexibility index (Phi) is 7.89. The van der Waals surface area contributed by atoms with Crippen LogP contribution in [0.15, 0.2) is 4.99 Å². The highest BCUT2D eigenvalue weighted by Gasteiger charge is 2.37. The maximum atomic E-state index is 12.4. The molecule has 0 aromatic rings. The zero-order valence-electron chi connectivity index (χ0n) is 15.9. The number of sulfonamides is 1. The van der Waals surface area contributed by atoms with Gasteiger partial charge < -0.3 is 10.6 Å². The third-order valence-electron chi connectivity index (χ3n) is 5.13. The standard InChI is InChI=1S/C17H34N4O2S2/c1-15(2)13-17(5-4-6-17)14-20-16(18-3)19-7-12-25(22,23)21-8-10-24-11-9-21/h15H,4-14H2,1-3H3,(H2,18,19,20). The van der Waals surface area contributed by atoms with Gasteiger partial charge in [0.15, 0.2) is 5.96 Å². The van der Waals surface area contributed by atoms with Crippen molar-refractivity contribution in [1.29, 1.82) is 0 Å². The van der Waals surface area contributed by atoms with E-state index in [-0.39, 0.29) is 5.75 Å². The van der Waals surface area contributed by atoms with Gasteiger partial charge in [-0.2, -0.15) is 11.8 Å². The molecule has 8 heteroatoms. The first-order valence-corrected chi connectivity index (χ1v) is 12.1. The van der Waals surface area contributed by atoms with Crippen LogP contribution in [0.25, 0.3) is 0 Å². The van der Waals surface area contributed by atoms with Gasteiger partial charge in [-0.15, -0.1) is 0 Å². The minimum atomic E-state index is -3.17. The number of nitrogens with one attached hydrogen (secondary N) is 2. The molecule has 1 aliphatic heterocycles. The van der Waals surface area contributed by atoms with E-state index in [2.05, 4.69) is 29.5 Å². The van der Waals surface area contributed by atoms with Gasteiger partial charge in [0, 0.05) is 44.7 Å². The highest BCUT2D eigenvalue weighted by molar-refractivity contribution is 7.99. The van der Waals surface area contributed by atoms with Crippen molar-refractivity contribution in [2.24, 2.45) is 16.3 Å². The van der Waals surface area contributed by atoms with E-state index in [0.717, 1.165) is 18.1 Å². The van der Waals surface area contributed by atoms with Crippen LogP contribution in [0.4, 0.5) is 0 Å². The van der Waals surface area contributed by atoms with Crippen LogP contribution >= 0.6 is 11.8 Å². The van der Waals surface area contributed by atoms with Crippen molar-refractivity contribution < 1.29 is 8.42 Å². The summed E-state index contributed by atoms with van der Waals surface area (Å²) < 4.78 is 26.3. The van der Waals surface area contributed by atoms with E-state index in [0.29, 0.717) is 36.9 Å². The smallest absolute Gasteiger partial charge is 0.215 e. The van der Waals surface area contributed by atoms with Crippen LogP contribution in [0, 0.1) is 11.3 Å². The molecule has 0 amide bonds. The Labute approximate surface area is 157 Å². The van der Waals surface area contributed by atoms with Gasteiger partial charge in [-0.1, -0.05) is 20.3 Å². The number of aliphatic imine (C=N–C) groups is 1. The minimum absolute atomic E-state index is 0.121. The zero-order valence-corrected chi connectivity index (χ0v) is 17.5. The molecule has 2 rings (SSSR count). The number of thioether (sulfide) groups is 1. The van der Waals surface area contributed by atoms with E-state index < -0.39 is 10.0 Å². The van der Waals surface area contributed by atoms with Crippen molar-refractivity contribution in [1.82, 2.24) is 14.9 Å². The van der Waals surface area contributed by atoms with Crippen LogP contribution in [-0.4, -0.2) is 69.2 Å². The fourth-order valence-corrected chi connectivity index (χ4v) is 6.23. The maximum Gasteiger partial charge on any atom is 0.215 e. The molecule has 1 saturated carbocycles. The Morgan fingerprint density at radius 3 is 2.44 bits per heavy atom. The molecule has 0 atom stereocenters. The van der Waals surface area contributed by atoms with Crippen molar-refractivity contribution in [2.45, 2.75) is 39.5 Å². The summed E-state index contributed by atoms with van der Waals surface area (Å²) in [5.74, 6) is 3.32. The molecule has 2 N–H and O–H groups in total. The maximum absolute atomic E-state index is 12.4. The van der Waals surface area contributed by atoms with Crippen LogP contribution in [0.3, 0.4) is 0 Å². The SMILES string of the molecule is CN=C(NCCS(=O)(=O)N1CCSCC1)NCC1(CC(C)C)CCC1. The third-order valence-corrected chi connectivity index (χ3v) is 7.94. The number of guanidine groups is 1. The van der Waals surface area contributed by atoms with Crippen molar-refractivity contribution >= 4 is 27.7 Å². The van der Waals surface area contributed by atoms with Gasteiger partial charge in [-0.05, 0) is 30.6 Å². The summed E-state index contributed by atoms with van der Waals surface area (Å²) in [6.45, 7) is 7.13. The molecule has 6 nitrogen and oxygen atoms in total. The second-order valence-corrected chi connectivity index (χ2v) is 10.9. The summed E-state index contributed by atoms with van der Waals surface area (Å²) in [5.41, 5.74) is 0.392. The summed E-state index contributed by atoms with van der Waals surface area (Å²) in [4.78, 5) is 4.24. The van der Waals surface area contributed by atoms with E-state index in [1.165, 1.54) is 25.7 Å². The molecule has 0 aromatic heterocycles. The molecule has 0 spiro atoms. The lowest BCUT2D eigenvalue weighted by Crippen LogP contribution is -2.48. The predicted molar refractivity (Wildman–Crippen MR) is 108 cm³/mol. The second kappa shape index (κ2) is 9.46. The molecule has 1 heterocycles. The Bertz CT molecular complexity index is 539. The van der Waals surface area contributed by atoms with Crippen LogP contribution in [0.5, 0.6) is 0 Å². The van der Waals surface area contributed by atoms with E-state index in [4.69, 9.17) is 0 Å². The van der Waals surface area contributed by atoms with Crippen molar-refractivity contribution in [2.75, 3.05) is 50.5 Å². The molecule has 2 aliphatic rings. The summed E-state index contributed by atoms with van der Waals surface area (Å²) in [6, 6.07) is 0. The first-order valence-electron chi connectivity index (χ1n) is 9.37. The summed E-state index contributed by atoms with van der Waals surface area (Å²) in [5, 5.41) is 6.58. The van der Waals surface area contributed by atoms with Gasteiger partial charge in [0.2, 0.25) is 10.0 Å². The largest absolute Gasteiger partial charge is 0.356 e. The second-order valence-electron chi connectivity index (χ2n) is 7.63. The molecular formula is C17H34N4O2S2. The van der Waals surface area contributed by atoms with Crippen LogP contribution in [0.1, 0.15) is 39.5 Å². The topological polar surface area (TPSA) is 73.8 Å². The van der Waals surface area contributed by atoms with E-state index in [1.54, 1.807) is 11.4 Å². The number of rotatable bonds is 8. The van der Waals surface area contributed by atoms with E-state index in [9.17, 15) is 8.42 Å². The molecule has 1 saturated heterocycles. The average molecular weight is 391 g/mol. The Balaban J connectivity index is 1.74. The molecule has 0 unspecified atom stereocenters. The highest BCUT2D eigenvalue weighted by atomic mass is 32.2. The van der Waals surface area contributed by atoms with Crippen molar-refractivity contribution in [3.63, 3.8) is 0 Å². The van der Waals surface area contributed by atoms with Gasteiger partial charge >= 0.3 is 0 Å². The summed E-state index contributed by atoms with van der Waals surface area (Å²) in [7, 11) is -1.43. The molecule has 0 aromatic carbocycles. The first-order chi connectivity index (χ1) is 11.9. The lowest BCUT2D eigenvalue weighted by atomic mass is 9.64. The third kappa shape index (κ3) is 6.32. The average Bonchev–Trinajstić information content (AvgIpc) is 2.55. The van der Waals surface area contributed by atoms with Gasteiger partial charge in [-0.25, -0.2) is 12.7 Å². The van der Waals surface area contributed by atoms with Crippen molar-refractivity contribution in [3.05, 3.63) is 0 Å². The molecule has 2 fully saturated rings. The highest BCUT2D eigenvalue weighted by Crippen LogP contribution is 2.45. The fourth-order valence-electron chi connectivity index (χ4n) is 3.74. The summed E-state index contributed by atoms with van der Waals surface area (Å²) >= 11 is 1.82. The van der Waals surface area contributed by atoms with Crippen molar-refractivity contribution in [3.8, 4) is 0 Å². The van der Waals surface area contributed by atoms with Gasteiger partial charge in [0.1, 0.15) is 0 Å². The van der Waals surface area contributed by atoms with Gasteiger partial charge in [0.05, 0.1) is 5.75 Å². The van der Waals surface area contributed by atoms with Crippen LogP contribution < -0.4 is 10.6 Å². The zero-order chi connectivity index (χ0) is 18.3. The molecule has 146 valence electrons. The Morgan fingerprint density at radius 1 is 1.24 bits per heavy atom. The molecule has 0 bridgehead atoms. The van der Waals surface area contributed by atoms with Gasteiger partial charge in [-0.3, -0.25) is 4.99 Å². The quantitative estimate of drug-likeness (QED) is 0.488. The molecule has 0 radical (unpaired) electrons. The van der Waals surface area contributed by atoms with Gasteiger partial charge in [0.25, 0.3) is 0 Å². The van der Waals surface area contributed by atoms with Crippen LogP contribution in [0.2, 0.25) is 0 Å². The summed E-state index contributed by atoms with van der Waals surface area (Å²) in [6.07, 6.45) is 5.10. The predicted octanol–water partition coefficient (Wildman–Crippen LogP) is 1.75. The molecule has 1 aliphatic carbocycles. The monoisotopic (exact) mass is 390 g/mol. The number of hydrogen-bond acceptors (Lipinski definition) is 4. The lowest BCUT2D eigenvalue weighted by molar-refractivity contribution is 0.104. The molecule has 25 heavy (non-hydrogen) atoms. The molecular weight excluding hydrogens is 356 g/mol. The van der Waals surface area contributed by atoms with Crippen LogP contribution in [-0.2, 0) is 10.0 Å². The van der Waals surface area contributed by atoms with E-state index >= 15 is 0 Å². The number of hydrogen-bond donors (Lipinski definition) is 2. The first kappa shape index (κ1) is 20.8. The Hall–Kier alpha value is -0.470. The van der Waals surface area contributed by atoms with E-state index in [1.807, 2.05) is 11.8 Å². The fraction of sp³-hybridized carbons (Fsp3) is 0.941. The lowest BCUT2D eigenvalue weighted by Gasteiger charge is -2.43. The Morgan fingerprint density at radius 2 is 1.92 bits per heavy atom.